The van der Waals surface area contributed by atoms with Crippen LogP contribution in [-0.2, 0) is 19.1 Å². The Kier molecular flexibility index (Phi) is 6.02. The van der Waals surface area contributed by atoms with Crippen LogP contribution in [0.1, 0.15) is 39.0 Å². The average molecular weight is 411 g/mol. The van der Waals surface area contributed by atoms with Gasteiger partial charge in [0.25, 0.3) is 0 Å². The quantitative estimate of drug-likeness (QED) is 0.604. The van der Waals surface area contributed by atoms with Crippen LogP contribution in [0.2, 0.25) is 0 Å². The molecule has 10 nitrogen and oxygen atoms in total. The Morgan fingerprint density at radius 3 is 2.45 bits per heavy atom. The molecule has 0 aromatic rings. The number of likely N-dealkylation sites (tertiary alicyclic amines) is 1. The van der Waals surface area contributed by atoms with Crippen LogP contribution >= 0.6 is 0 Å². The van der Waals surface area contributed by atoms with E-state index in [0.29, 0.717) is 13.1 Å². The summed E-state index contributed by atoms with van der Waals surface area (Å²) in [5, 5.41) is 19.5. The highest BCUT2D eigenvalue weighted by Gasteiger charge is 2.51. The Balaban J connectivity index is 1.61. The predicted molar refractivity (Wildman–Crippen MR) is 99.8 cm³/mol. The molecule has 2 heterocycles. The lowest BCUT2D eigenvalue weighted by molar-refractivity contribution is -0.158. The van der Waals surface area contributed by atoms with Gasteiger partial charge in [0.05, 0.1) is 13.2 Å². The summed E-state index contributed by atoms with van der Waals surface area (Å²) >= 11 is 0. The third-order valence-electron chi connectivity index (χ3n) is 6.64. The highest BCUT2D eigenvalue weighted by molar-refractivity contribution is 5.90. The van der Waals surface area contributed by atoms with Crippen LogP contribution < -0.4 is 0 Å². The molecule has 0 radical (unpaired) electrons. The van der Waals surface area contributed by atoms with Crippen molar-refractivity contribution in [2.24, 2.45) is 5.41 Å². The fourth-order valence-corrected chi connectivity index (χ4v) is 4.41. The van der Waals surface area contributed by atoms with E-state index in [2.05, 4.69) is 0 Å². The third-order valence-corrected chi connectivity index (χ3v) is 6.64. The number of aliphatic hydroxyl groups excluding tert-OH is 1. The minimum absolute atomic E-state index is 0.00228. The fourth-order valence-electron chi connectivity index (χ4n) is 4.41. The first-order chi connectivity index (χ1) is 13.7. The number of carboxylic acid groups (broad SMARTS) is 1. The van der Waals surface area contributed by atoms with Gasteiger partial charge < -0.3 is 24.7 Å². The van der Waals surface area contributed by atoms with Gasteiger partial charge in [-0.2, -0.15) is 0 Å². The molecule has 29 heavy (non-hydrogen) atoms. The van der Waals surface area contributed by atoms with E-state index in [9.17, 15) is 29.4 Å². The minimum Gasteiger partial charge on any atom is -0.467 e. The number of hydrogen-bond donors (Lipinski definition) is 2. The van der Waals surface area contributed by atoms with Crippen molar-refractivity contribution in [2.45, 2.75) is 57.2 Å². The number of esters is 1. The number of methoxy groups -OCH3 is 1. The largest absolute Gasteiger partial charge is 0.467 e. The van der Waals surface area contributed by atoms with Gasteiger partial charge in [-0.3, -0.25) is 14.5 Å². The van der Waals surface area contributed by atoms with E-state index >= 15 is 0 Å². The number of piperidine rings is 1. The maximum atomic E-state index is 12.7. The van der Waals surface area contributed by atoms with Crippen molar-refractivity contribution in [3.63, 3.8) is 0 Å². The summed E-state index contributed by atoms with van der Waals surface area (Å²) in [5.74, 6) is -1.28. The second kappa shape index (κ2) is 8.17. The average Bonchev–Trinajstić information content (AvgIpc) is 3.47. The number of nitrogens with zero attached hydrogens (tertiary/aromatic N) is 3. The highest BCUT2D eigenvalue weighted by Crippen LogP contribution is 2.53. The molecule has 2 saturated heterocycles. The number of carbonyl (C=O) groups is 4. The number of hydrogen-bond acceptors (Lipinski definition) is 6. The molecule has 162 valence electrons. The Labute approximate surface area is 169 Å². The van der Waals surface area contributed by atoms with Crippen molar-refractivity contribution in [1.29, 1.82) is 0 Å². The molecule has 3 fully saturated rings. The first-order valence-corrected chi connectivity index (χ1v) is 10.0. The van der Waals surface area contributed by atoms with Gasteiger partial charge in [0.1, 0.15) is 12.1 Å². The van der Waals surface area contributed by atoms with Crippen LogP contribution in [0.4, 0.5) is 4.79 Å². The van der Waals surface area contributed by atoms with Crippen molar-refractivity contribution in [1.82, 2.24) is 14.7 Å². The summed E-state index contributed by atoms with van der Waals surface area (Å²) in [6.07, 6.45) is 1.23. The number of ether oxygens (including phenoxy) is 1. The Morgan fingerprint density at radius 1 is 1.21 bits per heavy atom. The molecule has 0 aromatic heterocycles. The molecule has 3 aliphatic rings. The van der Waals surface area contributed by atoms with E-state index in [-0.39, 0.29) is 37.3 Å². The number of piperazine rings is 1. The number of amides is 3. The van der Waals surface area contributed by atoms with Crippen molar-refractivity contribution in [3.05, 3.63) is 0 Å². The van der Waals surface area contributed by atoms with Crippen molar-refractivity contribution in [2.75, 3.05) is 33.3 Å². The summed E-state index contributed by atoms with van der Waals surface area (Å²) in [5.41, 5.74) is -0.00228. The molecule has 1 aliphatic carbocycles. The van der Waals surface area contributed by atoms with Gasteiger partial charge in [-0.1, -0.05) is 0 Å². The van der Waals surface area contributed by atoms with Crippen molar-refractivity contribution in [3.8, 4) is 0 Å². The van der Waals surface area contributed by atoms with Crippen LogP contribution in [0, 0.1) is 5.41 Å². The smallest absolute Gasteiger partial charge is 0.408 e. The van der Waals surface area contributed by atoms with Gasteiger partial charge in [-0.15, -0.1) is 0 Å². The maximum absolute atomic E-state index is 12.7. The Hall–Kier alpha value is -2.36. The minimum atomic E-state index is -1.19. The van der Waals surface area contributed by atoms with E-state index < -0.39 is 36.2 Å². The van der Waals surface area contributed by atoms with Crippen LogP contribution in [0.3, 0.4) is 0 Å². The Bertz CT molecular complexity index is 693. The molecule has 1 spiro atoms. The van der Waals surface area contributed by atoms with E-state index in [0.717, 1.165) is 24.2 Å². The lowest BCUT2D eigenvalue weighted by Gasteiger charge is -2.41. The molecule has 2 aliphatic heterocycles. The lowest BCUT2D eigenvalue weighted by atomic mass is 9.90. The second-order valence-corrected chi connectivity index (χ2v) is 8.23. The summed E-state index contributed by atoms with van der Waals surface area (Å²) in [6, 6.07) is -1.85. The molecule has 0 unspecified atom stereocenters. The van der Waals surface area contributed by atoms with E-state index in [4.69, 9.17) is 4.74 Å². The molecule has 3 rings (SSSR count). The fraction of sp³-hybridized carbons (Fsp3) is 0.789. The molecular weight excluding hydrogens is 382 g/mol. The van der Waals surface area contributed by atoms with E-state index in [1.54, 1.807) is 4.90 Å². The number of β-amino-alcohol motifs (C(OH)–C–C–N with tert-alkyl or cyclic N) is 1. The normalized spacial score (nSPS) is 27.0. The highest BCUT2D eigenvalue weighted by atomic mass is 16.5. The first-order valence-electron chi connectivity index (χ1n) is 10.0. The number of rotatable bonds is 5. The van der Waals surface area contributed by atoms with E-state index in [1.807, 2.05) is 0 Å². The SMILES string of the molecule is COC(=O)[C@@H](CCC(=O)N1CCC2(CC2)[C@H](O)C1)N1CCN(C(=O)O)[C@@H](C)C1=O. The van der Waals surface area contributed by atoms with Crippen molar-refractivity contribution < 1.29 is 34.1 Å². The zero-order valence-electron chi connectivity index (χ0n) is 16.9. The Morgan fingerprint density at radius 2 is 1.90 bits per heavy atom. The number of aliphatic hydroxyl groups is 1. The van der Waals surface area contributed by atoms with Gasteiger partial charge in [-0.25, -0.2) is 9.59 Å². The molecule has 10 heteroatoms. The zero-order valence-corrected chi connectivity index (χ0v) is 16.9. The van der Waals surface area contributed by atoms with Crippen LogP contribution in [0.5, 0.6) is 0 Å². The summed E-state index contributed by atoms with van der Waals surface area (Å²) in [7, 11) is 1.22. The van der Waals surface area contributed by atoms with Crippen molar-refractivity contribution >= 4 is 23.9 Å². The summed E-state index contributed by atoms with van der Waals surface area (Å²) in [6.45, 7) is 2.52. The lowest BCUT2D eigenvalue weighted by Crippen LogP contribution is -2.61. The molecule has 2 N–H and O–H groups in total. The van der Waals surface area contributed by atoms with Gasteiger partial charge in [0.2, 0.25) is 11.8 Å². The molecule has 0 aromatic carbocycles. The van der Waals surface area contributed by atoms with Gasteiger partial charge in [0, 0.05) is 32.6 Å². The third kappa shape index (κ3) is 4.17. The van der Waals surface area contributed by atoms with Crippen LogP contribution in [0.25, 0.3) is 0 Å². The molecule has 0 bridgehead atoms. The topological polar surface area (TPSA) is 128 Å². The monoisotopic (exact) mass is 411 g/mol. The van der Waals surface area contributed by atoms with Crippen LogP contribution in [-0.4, -0.2) is 100 Å². The molecule has 3 amide bonds. The first kappa shape index (κ1) is 21.4. The second-order valence-electron chi connectivity index (χ2n) is 8.23. The zero-order chi connectivity index (χ0) is 21.3. The number of carbonyl (C=O) groups excluding carboxylic acids is 3. The van der Waals surface area contributed by atoms with Gasteiger partial charge >= 0.3 is 12.1 Å². The summed E-state index contributed by atoms with van der Waals surface area (Å²) < 4.78 is 4.83. The standard InChI is InChI=1S/C19H29N3O7/c1-12-16(25)22(10-9-21(12)18(27)28)13(17(26)29-2)3-4-15(24)20-8-7-19(5-6-19)14(23)11-20/h12-14,23H,3-11H2,1-2H3,(H,27,28)/t12-,13+,14+/m0/s1. The predicted octanol–water partition coefficient (Wildman–Crippen LogP) is -0.108. The molecule has 1 saturated carbocycles. The molecule has 3 atom stereocenters. The van der Waals surface area contributed by atoms with Gasteiger partial charge in [-0.05, 0) is 38.0 Å². The van der Waals surface area contributed by atoms with E-state index in [1.165, 1.54) is 18.9 Å². The summed E-state index contributed by atoms with van der Waals surface area (Å²) in [4.78, 5) is 52.8. The van der Waals surface area contributed by atoms with Crippen LogP contribution in [0.15, 0.2) is 0 Å². The maximum Gasteiger partial charge on any atom is 0.408 e. The molecular formula is C19H29N3O7. The van der Waals surface area contributed by atoms with Gasteiger partial charge in [0.15, 0.2) is 0 Å².